The minimum atomic E-state index is -0.588. The van der Waals surface area contributed by atoms with Gasteiger partial charge in [0.1, 0.15) is 5.82 Å². The average Bonchev–Trinajstić information content (AvgIpc) is 2.28. The zero-order chi connectivity index (χ0) is 13.3. The zero-order valence-corrected chi connectivity index (χ0v) is 10.9. The molecular weight excluding hydrogens is 251 g/mol. The average molecular weight is 263 g/mol. The van der Waals surface area contributed by atoms with Gasteiger partial charge in [0.2, 0.25) is 0 Å². The molecule has 0 amide bonds. The Balaban J connectivity index is 2.55. The van der Waals surface area contributed by atoms with Gasteiger partial charge in [-0.25, -0.2) is 4.39 Å². The summed E-state index contributed by atoms with van der Waals surface area (Å²) >= 11 is 5.68. The molecule has 0 aliphatic rings. The molecule has 2 aromatic carbocycles. The molecule has 0 heterocycles. The van der Waals surface area contributed by atoms with Crippen LogP contribution in [0.25, 0.3) is 0 Å². The second kappa shape index (κ2) is 4.91. The third-order valence-corrected chi connectivity index (χ3v) is 3.12. The van der Waals surface area contributed by atoms with E-state index in [1.54, 1.807) is 0 Å². The van der Waals surface area contributed by atoms with E-state index < -0.39 is 5.82 Å². The van der Waals surface area contributed by atoms with E-state index in [0.29, 0.717) is 5.56 Å². The molecule has 0 saturated heterocycles. The van der Waals surface area contributed by atoms with Crippen LogP contribution in [0, 0.1) is 19.7 Å². The largest absolute Gasteiger partial charge is 0.288 e. The van der Waals surface area contributed by atoms with E-state index >= 15 is 0 Å². The van der Waals surface area contributed by atoms with Gasteiger partial charge in [-0.15, -0.1) is 0 Å². The maximum atomic E-state index is 13.7. The second-order valence-corrected chi connectivity index (χ2v) is 4.66. The maximum Gasteiger partial charge on any atom is 0.196 e. The van der Waals surface area contributed by atoms with Crippen LogP contribution in [0.5, 0.6) is 0 Å². The molecule has 0 bridgehead atoms. The molecule has 0 aromatic heterocycles. The maximum absolute atomic E-state index is 13.7. The Hall–Kier alpha value is -1.67. The number of hydrogen-bond acceptors (Lipinski definition) is 1. The molecule has 0 fully saturated rings. The van der Waals surface area contributed by atoms with Gasteiger partial charge < -0.3 is 0 Å². The molecule has 0 atom stereocenters. The van der Waals surface area contributed by atoms with Crippen molar-refractivity contribution in [2.24, 2.45) is 0 Å². The number of carbonyl (C=O) groups excluding carboxylic acids is 1. The minimum Gasteiger partial charge on any atom is -0.288 e. The SMILES string of the molecule is Cc1cccc(C)c1C(=O)c1ccc(Cl)cc1F. The predicted molar refractivity (Wildman–Crippen MR) is 70.8 cm³/mol. The van der Waals surface area contributed by atoms with E-state index in [1.807, 2.05) is 32.0 Å². The van der Waals surface area contributed by atoms with Crippen molar-refractivity contribution in [3.05, 3.63) is 69.5 Å². The molecule has 18 heavy (non-hydrogen) atoms. The summed E-state index contributed by atoms with van der Waals surface area (Å²) < 4.78 is 13.7. The molecule has 0 aliphatic heterocycles. The molecule has 0 saturated carbocycles. The first-order chi connectivity index (χ1) is 8.50. The molecule has 1 nitrogen and oxygen atoms in total. The fourth-order valence-corrected chi connectivity index (χ4v) is 2.14. The molecule has 3 heteroatoms. The van der Waals surface area contributed by atoms with Crippen LogP contribution in [0.1, 0.15) is 27.0 Å². The van der Waals surface area contributed by atoms with Gasteiger partial charge in [0.05, 0.1) is 5.56 Å². The van der Waals surface area contributed by atoms with Crippen molar-refractivity contribution in [2.75, 3.05) is 0 Å². The van der Waals surface area contributed by atoms with Crippen LogP contribution in [0.4, 0.5) is 4.39 Å². The van der Waals surface area contributed by atoms with Crippen LogP contribution in [-0.4, -0.2) is 5.78 Å². The Morgan fingerprint density at radius 1 is 1.11 bits per heavy atom. The van der Waals surface area contributed by atoms with Gasteiger partial charge in [-0.1, -0.05) is 29.8 Å². The number of halogens is 2. The van der Waals surface area contributed by atoms with Crippen molar-refractivity contribution in [1.29, 1.82) is 0 Å². The van der Waals surface area contributed by atoms with Crippen LogP contribution in [0.15, 0.2) is 36.4 Å². The van der Waals surface area contributed by atoms with Crippen LogP contribution in [0.3, 0.4) is 0 Å². The third kappa shape index (κ3) is 2.29. The Labute approximate surface area is 110 Å². The lowest BCUT2D eigenvalue weighted by atomic mass is 9.95. The van der Waals surface area contributed by atoms with E-state index in [9.17, 15) is 9.18 Å². The molecule has 2 aromatic rings. The lowest BCUT2D eigenvalue weighted by Crippen LogP contribution is -2.08. The number of carbonyl (C=O) groups is 1. The van der Waals surface area contributed by atoms with Crippen molar-refractivity contribution >= 4 is 17.4 Å². The summed E-state index contributed by atoms with van der Waals surface area (Å²) in [7, 11) is 0. The Bertz CT molecular complexity index is 600. The molecule has 0 aliphatic carbocycles. The quantitative estimate of drug-likeness (QED) is 0.737. The van der Waals surface area contributed by atoms with Gasteiger partial charge in [-0.05, 0) is 43.2 Å². The smallest absolute Gasteiger partial charge is 0.196 e. The van der Waals surface area contributed by atoms with Crippen LogP contribution >= 0.6 is 11.6 Å². The van der Waals surface area contributed by atoms with Crippen molar-refractivity contribution in [3.8, 4) is 0 Å². The highest BCUT2D eigenvalue weighted by atomic mass is 35.5. The third-order valence-electron chi connectivity index (χ3n) is 2.88. The first-order valence-electron chi connectivity index (χ1n) is 5.56. The lowest BCUT2D eigenvalue weighted by Gasteiger charge is -2.09. The van der Waals surface area contributed by atoms with Gasteiger partial charge in [-0.3, -0.25) is 4.79 Å². The first-order valence-corrected chi connectivity index (χ1v) is 5.94. The van der Waals surface area contributed by atoms with E-state index in [0.717, 1.165) is 17.2 Å². The fraction of sp³-hybridized carbons (Fsp3) is 0.133. The molecule has 0 unspecified atom stereocenters. The van der Waals surface area contributed by atoms with Crippen molar-refractivity contribution in [3.63, 3.8) is 0 Å². The van der Waals surface area contributed by atoms with Crippen molar-refractivity contribution < 1.29 is 9.18 Å². The number of ketones is 1. The Kier molecular flexibility index (Phi) is 3.48. The summed E-state index contributed by atoms with van der Waals surface area (Å²) in [6.07, 6.45) is 0. The summed E-state index contributed by atoms with van der Waals surface area (Å²) in [5.41, 5.74) is 2.29. The van der Waals surface area contributed by atoms with Gasteiger partial charge in [0, 0.05) is 10.6 Å². The normalized spacial score (nSPS) is 10.4. The summed E-state index contributed by atoms with van der Waals surface area (Å²) in [4.78, 5) is 12.3. The van der Waals surface area contributed by atoms with Gasteiger partial charge in [-0.2, -0.15) is 0 Å². The summed E-state index contributed by atoms with van der Waals surface area (Å²) in [5, 5.41) is 0.283. The van der Waals surface area contributed by atoms with Crippen molar-refractivity contribution in [1.82, 2.24) is 0 Å². The fourth-order valence-electron chi connectivity index (χ4n) is 1.98. The highest BCUT2D eigenvalue weighted by molar-refractivity contribution is 6.30. The summed E-state index contributed by atoms with van der Waals surface area (Å²) in [6.45, 7) is 3.68. The Morgan fingerprint density at radius 3 is 2.28 bits per heavy atom. The molecular formula is C15H12ClFO. The highest BCUT2D eigenvalue weighted by Gasteiger charge is 2.17. The standard InChI is InChI=1S/C15H12ClFO/c1-9-4-3-5-10(2)14(9)15(18)12-7-6-11(16)8-13(12)17/h3-8H,1-2H3. The number of hydrogen-bond donors (Lipinski definition) is 0. The van der Waals surface area contributed by atoms with Gasteiger partial charge >= 0.3 is 0 Å². The van der Waals surface area contributed by atoms with Crippen molar-refractivity contribution in [2.45, 2.75) is 13.8 Å². The number of benzene rings is 2. The van der Waals surface area contributed by atoms with Crippen LogP contribution < -0.4 is 0 Å². The van der Waals surface area contributed by atoms with E-state index in [4.69, 9.17) is 11.6 Å². The van der Waals surface area contributed by atoms with E-state index in [2.05, 4.69) is 0 Å². The van der Waals surface area contributed by atoms with Crippen LogP contribution in [-0.2, 0) is 0 Å². The highest BCUT2D eigenvalue weighted by Crippen LogP contribution is 2.21. The van der Waals surface area contributed by atoms with Gasteiger partial charge in [0.15, 0.2) is 5.78 Å². The topological polar surface area (TPSA) is 17.1 Å². The molecule has 0 radical (unpaired) electrons. The van der Waals surface area contributed by atoms with Crippen LogP contribution in [0.2, 0.25) is 5.02 Å². The molecule has 2 rings (SSSR count). The lowest BCUT2D eigenvalue weighted by molar-refractivity contribution is 0.103. The van der Waals surface area contributed by atoms with E-state index in [-0.39, 0.29) is 16.4 Å². The minimum absolute atomic E-state index is 0.0526. The monoisotopic (exact) mass is 262 g/mol. The second-order valence-electron chi connectivity index (χ2n) is 4.22. The Morgan fingerprint density at radius 2 is 1.72 bits per heavy atom. The number of rotatable bonds is 2. The molecule has 0 N–H and O–H groups in total. The van der Waals surface area contributed by atoms with E-state index in [1.165, 1.54) is 12.1 Å². The molecule has 92 valence electrons. The first kappa shape index (κ1) is 12.8. The summed E-state index contributed by atoms with van der Waals surface area (Å²) in [6, 6.07) is 9.65. The summed E-state index contributed by atoms with van der Waals surface area (Å²) in [5.74, 6) is -0.894. The molecule has 0 spiro atoms. The number of aryl methyl sites for hydroxylation is 2. The van der Waals surface area contributed by atoms with Gasteiger partial charge in [0.25, 0.3) is 0 Å². The zero-order valence-electron chi connectivity index (χ0n) is 10.1. The predicted octanol–water partition coefficient (Wildman–Crippen LogP) is 4.33.